The highest BCUT2D eigenvalue weighted by molar-refractivity contribution is 7.89. The van der Waals surface area contributed by atoms with Crippen LogP contribution < -0.4 is 0 Å². The second-order valence-electron chi connectivity index (χ2n) is 6.04. The van der Waals surface area contributed by atoms with E-state index in [9.17, 15) is 8.42 Å². The number of nitrogens with zero attached hydrogens (tertiary/aromatic N) is 4. The second kappa shape index (κ2) is 6.80. The predicted octanol–water partition coefficient (Wildman–Crippen LogP) is 2.20. The molecule has 2 aromatic carbocycles. The summed E-state index contributed by atoms with van der Waals surface area (Å²) in [6, 6.07) is 14.7. The Morgan fingerprint density at radius 3 is 2.44 bits per heavy atom. The third-order valence-electron chi connectivity index (χ3n) is 4.48. The Morgan fingerprint density at radius 2 is 1.68 bits per heavy atom. The Morgan fingerprint density at radius 1 is 0.920 bits per heavy atom. The van der Waals surface area contributed by atoms with Crippen LogP contribution in [-0.4, -0.2) is 52.5 Å². The molecule has 1 saturated heterocycles. The first kappa shape index (κ1) is 16.6. The topological polar surface area (TPSA) is 66.4 Å². The molecule has 0 spiro atoms. The standard InChI is InChI=1S/C17H18N4O2S2/c22-25(23,15-6-2-1-3-7-15)21-11-9-20(10-12-21)13-14-5-4-8-16-17(14)19-24-18-16/h1-8H,9-13H2. The SMILES string of the molecule is O=S(=O)(c1ccccc1)N1CCN(Cc2cccc3nsnc23)CC1. The van der Waals surface area contributed by atoms with Crippen molar-refractivity contribution < 1.29 is 8.42 Å². The quantitative estimate of drug-likeness (QED) is 0.700. The first-order valence-electron chi connectivity index (χ1n) is 8.12. The zero-order chi connectivity index (χ0) is 17.3. The van der Waals surface area contributed by atoms with Gasteiger partial charge in [0.15, 0.2) is 0 Å². The van der Waals surface area contributed by atoms with Gasteiger partial charge >= 0.3 is 0 Å². The van der Waals surface area contributed by atoms with Crippen LogP contribution in [0.1, 0.15) is 5.56 Å². The molecule has 0 atom stereocenters. The van der Waals surface area contributed by atoms with Crippen LogP contribution in [0.25, 0.3) is 11.0 Å². The lowest BCUT2D eigenvalue weighted by atomic mass is 10.1. The molecule has 1 aliphatic rings. The molecule has 8 heteroatoms. The molecule has 0 amide bonds. The number of hydrogen-bond donors (Lipinski definition) is 0. The molecule has 2 heterocycles. The first-order valence-corrected chi connectivity index (χ1v) is 10.3. The average molecular weight is 374 g/mol. The number of hydrogen-bond acceptors (Lipinski definition) is 6. The third-order valence-corrected chi connectivity index (χ3v) is 6.93. The smallest absolute Gasteiger partial charge is 0.243 e. The maximum Gasteiger partial charge on any atom is 0.243 e. The van der Waals surface area contributed by atoms with Crippen LogP contribution in [0.5, 0.6) is 0 Å². The maximum atomic E-state index is 12.7. The van der Waals surface area contributed by atoms with E-state index < -0.39 is 10.0 Å². The summed E-state index contributed by atoms with van der Waals surface area (Å²) < 4.78 is 35.6. The number of fused-ring (bicyclic) bond motifs is 1. The normalized spacial score (nSPS) is 17.1. The highest BCUT2D eigenvalue weighted by Crippen LogP contribution is 2.21. The van der Waals surface area contributed by atoms with Crippen molar-refractivity contribution in [3.8, 4) is 0 Å². The molecule has 0 bridgehead atoms. The Bertz CT molecular complexity index is 964. The van der Waals surface area contributed by atoms with E-state index in [4.69, 9.17) is 0 Å². The lowest BCUT2D eigenvalue weighted by Gasteiger charge is -2.34. The lowest BCUT2D eigenvalue weighted by molar-refractivity contribution is 0.182. The summed E-state index contributed by atoms with van der Waals surface area (Å²) in [5, 5.41) is 0. The average Bonchev–Trinajstić information content (AvgIpc) is 3.13. The molecule has 0 aliphatic carbocycles. The van der Waals surface area contributed by atoms with Gasteiger partial charge in [-0.1, -0.05) is 30.3 Å². The van der Waals surface area contributed by atoms with Gasteiger partial charge in [-0.05, 0) is 23.8 Å². The van der Waals surface area contributed by atoms with Gasteiger partial charge in [0.25, 0.3) is 0 Å². The lowest BCUT2D eigenvalue weighted by Crippen LogP contribution is -2.48. The predicted molar refractivity (Wildman–Crippen MR) is 97.9 cm³/mol. The van der Waals surface area contributed by atoms with E-state index in [0.29, 0.717) is 31.1 Å². The molecule has 1 fully saturated rings. The van der Waals surface area contributed by atoms with E-state index in [-0.39, 0.29) is 0 Å². The fourth-order valence-corrected chi connectivity index (χ4v) is 5.11. The second-order valence-corrected chi connectivity index (χ2v) is 8.51. The molecular formula is C17H18N4O2S2. The minimum absolute atomic E-state index is 0.363. The van der Waals surface area contributed by atoms with Crippen LogP contribution in [-0.2, 0) is 16.6 Å². The molecular weight excluding hydrogens is 356 g/mol. The molecule has 0 radical (unpaired) electrons. The van der Waals surface area contributed by atoms with Crippen molar-refractivity contribution in [2.45, 2.75) is 11.4 Å². The molecule has 6 nitrogen and oxygen atoms in total. The van der Waals surface area contributed by atoms with E-state index in [1.807, 2.05) is 18.2 Å². The van der Waals surface area contributed by atoms with Crippen molar-refractivity contribution in [2.75, 3.05) is 26.2 Å². The summed E-state index contributed by atoms with van der Waals surface area (Å²) in [6.45, 7) is 3.19. The summed E-state index contributed by atoms with van der Waals surface area (Å²) in [7, 11) is -3.40. The van der Waals surface area contributed by atoms with E-state index in [0.717, 1.165) is 23.1 Å². The third kappa shape index (κ3) is 3.30. The number of aromatic nitrogens is 2. The van der Waals surface area contributed by atoms with Crippen LogP contribution in [0, 0.1) is 0 Å². The van der Waals surface area contributed by atoms with Crippen molar-refractivity contribution in [1.82, 2.24) is 18.0 Å². The van der Waals surface area contributed by atoms with Crippen LogP contribution >= 0.6 is 11.7 Å². The van der Waals surface area contributed by atoms with Gasteiger partial charge in [0.2, 0.25) is 10.0 Å². The molecule has 4 rings (SSSR count). The Kier molecular flexibility index (Phi) is 4.51. The van der Waals surface area contributed by atoms with E-state index >= 15 is 0 Å². The Hall–Kier alpha value is -1.87. The van der Waals surface area contributed by atoms with E-state index in [1.165, 1.54) is 11.7 Å². The largest absolute Gasteiger partial charge is 0.296 e. The number of rotatable bonds is 4. The highest BCUT2D eigenvalue weighted by Gasteiger charge is 2.28. The fraction of sp³-hybridized carbons (Fsp3) is 0.294. The zero-order valence-electron chi connectivity index (χ0n) is 13.6. The Balaban J connectivity index is 1.44. The van der Waals surface area contributed by atoms with Crippen molar-refractivity contribution in [3.05, 3.63) is 54.1 Å². The zero-order valence-corrected chi connectivity index (χ0v) is 15.2. The van der Waals surface area contributed by atoms with Crippen molar-refractivity contribution in [1.29, 1.82) is 0 Å². The summed E-state index contributed by atoms with van der Waals surface area (Å²) in [5.41, 5.74) is 3.02. The molecule has 1 aliphatic heterocycles. The summed E-state index contributed by atoms with van der Waals surface area (Å²) in [5.74, 6) is 0. The molecule has 0 saturated carbocycles. The van der Waals surface area contributed by atoms with E-state index in [2.05, 4.69) is 19.7 Å². The summed E-state index contributed by atoms with van der Waals surface area (Å²) in [4.78, 5) is 2.63. The maximum absolute atomic E-state index is 12.7. The molecule has 130 valence electrons. The van der Waals surface area contributed by atoms with Crippen LogP contribution in [0.4, 0.5) is 0 Å². The van der Waals surface area contributed by atoms with Gasteiger partial charge in [0.1, 0.15) is 11.0 Å². The Labute approximate surface area is 151 Å². The molecule has 1 aromatic heterocycles. The first-order chi connectivity index (χ1) is 12.1. The van der Waals surface area contributed by atoms with Gasteiger partial charge in [0.05, 0.1) is 16.6 Å². The molecule has 3 aromatic rings. The summed E-state index contributed by atoms with van der Waals surface area (Å²) >= 11 is 1.22. The van der Waals surface area contributed by atoms with Crippen molar-refractivity contribution >= 4 is 32.8 Å². The van der Waals surface area contributed by atoms with Crippen molar-refractivity contribution in [2.24, 2.45) is 0 Å². The number of piperazine rings is 1. The van der Waals surface area contributed by atoms with E-state index in [1.54, 1.807) is 28.6 Å². The monoisotopic (exact) mass is 374 g/mol. The minimum Gasteiger partial charge on any atom is -0.296 e. The molecule has 0 unspecified atom stereocenters. The van der Waals surface area contributed by atoms with Crippen molar-refractivity contribution in [3.63, 3.8) is 0 Å². The van der Waals surface area contributed by atoms with Crippen LogP contribution in [0.2, 0.25) is 0 Å². The van der Waals surface area contributed by atoms with Gasteiger partial charge < -0.3 is 0 Å². The van der Waals surface area contributed by atoms with Crippen LogP contribution in [0.15, 0.2) is 53.4 Å². The van der Waals surface area contributed by atoms with Crippen LogP contribution in [0.3, 0.4) is 0 Å². The molecule has 25 heavy (non-hydrogen) atoms. The van der Waals surface area contributed by atoms with Gasteiger partial charge in [-0.2, -0.15) is 13.1 Å². The fourth-order valence-electron chi connectivity index (χ4n) is 3.10. The van der Waals surface area contributed by atoms with Gasteiger partial charge in [-0.3, -0.25) is 4.90 Å². The minimum atomic E-state index is -3.40. The van der Waals surface area contributed by atoms with Gasteiger partial charge in [-0.25, -0.2) is 8.42 Å². The van der Waals surface area contributed by atoms with Gasteiger partial charge in [0, 0.05) is 32.7 Å². The highest BCUT2D eigenvalue weighted by atomic mass is 32.2. The molecule has 0 N–H and O–H groups in total. The number of sulfonamides is 1. The summed E-state index contributed by atoms with van der Waals surface area (Å²) in [6.07, 6.45) is 0. The number of benzene rings is 2. The van der Waals surface area contributed by atoms with Gasteiger partial charge in [-0.15, -0.1) is 0 Å².